The number of benzene rings is 5. The highest BCUT2D eigenvalue weighted by Crippen LogP contribution is 2.40. The molecule has 0 unspecified atom stereocenters. The fourth-order valence-corrected chi connectivity index (χ4v) is 6.78. The minimum absolute atomic E-state index is 0.773. The Kier molecular flexibility index (Phi) is 4.10. The number of hydrogen-bond acceptors (Lipinski definition) is 3. The number of aromatic nitrogens is 5. The molecule has 5 heterocycles. The molecule has 0 aliphatic heterocycles. The minimum Gasteiger partial charge on any atom is -0.452 e. The topological polar surface area (TPSA) is 53.2 Å². The molecule has 6 heteroatoms. The van der Waals surface area contributed by atoms with Crippen molar-refractivity contribution in [3.05, 3.63) is 128 Å². The van der Waals surface area contributed by atoms with Crippen molar-refractivity contribution in [2.45, 2.75) is 0 Å². The molecule has 0 N–H and O–H groups in total. The first-order valence-electron chi connectivity index (χ1n) is 14.0. The van der Waals surface area contributed by atoms with Gasteiger partial charge in [-0.15, -0.1) is 0 Å². The smallest absolute Gasteiger partial charge is 0.220 e. The van der Waals surface area contributed by atoms with Crippen molar-refractivity contribution in [3.8, 4) is 11.4 Å². The highest BCUT2D eigenvalue weighted by Gasteiger charge is 2.23. The number of para-hydroxylation sites is 5. The lowest BCUT2D eigenvalue weighted by Crippen LogP contribution is -1.96. The van der Waals surface area contributed by atoms with Gasteiger partial charge in [-0.05, 0) is 66.7 Å². The van der Waals surface area contributed by atoms with Gasteiger partial charge < -0.3 is 8.98 Å². The Hall–Kier alpha value is -5.88. The van der Waals surface area contributed by atoms with Gasteiger partial charge in [-0.25, -0.2) is 4.98 Å². The Morgan fingerprint density at radius 2 is 1.31 bits per heavy atom. The van der Waals surface area contributed by atoms with Crippen LogP contribution >= 0.6 is 0 Å². The van der Waals surface area contributed by atoms with E-state index in [1.165, 1.54) is 10.8 Å². The molecule has 0 fully saturated rings. The number of nitrogens with zero attached hydrogens (tertiary/aromatic N) is 5. The number of hydrogen-bond donors (Lipinski definition) is 0. The van der Waals surface area contributed by atoms with Crippen LogP contribution in [0.5, 0.6) is 0 Å². The highest BCUT2D eigenvalue weighted by atomic mass is 16.3. The van der Waals surface area contributed by atoms with E-state index >= 15 is 0 Å². The summed E-state index contributed by atoms with van der Waals surface area (Å²) in [5.41, 5.74) is 10.9. The molecule has 10 rings (SSSR count). The van der Waals surface area contributed by atoms with Gasteiger partial charge in [0.2, 0.25) is 5.78 Å². The van der Waals surface area contributed by atoms with Crippen LogP contribution in [-0.2, 0) is 0 Å². The van der Waals surface area contributed by atoms with E-state index in [0.29, 0.717) is 0 Å². The Labute approximate surface area is 238 Å². The van der Waals surface area contributed by atoms with E-state index in [2.05, 4.69) is 128 Å². The van der Waals surface area contributed by atoms with Gasteiger partial charge in [0.1, 0.15) is 11.0 Å². The van der Waals surface area contributed by atoms with Crippen LogP contribution in [0.25, 0.3) is 83.1 Å². The molecule has 5 aromatic heterocycles. The average Bonchev–Trinajstić information content (AvgIpc) is 3.78. The summed E-state index contributed by atoms with van der Waals surface area (Å²) in [6.07, 6.45) is 1.81. The molecule has 0 radical (unpaired) electrons. The molecule has 6 nitrogen and oxygen atoms in total. The van der Waals surface area contributed by atoms with Crippen molar-refractivity contribution >= 4 is 71.7 Å². The first-order valence-corrected chi connectivity index (χ1v) is 14.0. The van der Waals surface area contributed by atoms with Gasteiger partial charge in [-0.3, -0.25) is 14.0 Å². The maximum absolute atomic E-state index is 6.44. The zero-order valence-corrected chi connectivity index (χ0v) is 22.3. The summed E-state index contributed by atoms with van der Waals surface area (Å²) in [6, 6.07) is 42.2. The summed E-state index contributed by atoms with van der Waals surface area (Å²) in [5, 5.41) is 3.38. The van der Waals surface area contributed by atoms with Gasteiger partial charge in [0.25, 0.3) is 0 Å². The third kappa shape index (κ3) is 2.68. The van der Waals surface area contributed by atoms with E-state index in [4.69, 9.17) is 9.40 Å². The summed E-state index contributed by atoms with van der Waals surface area (Å²) in [7, 11) is 0. The molecule has 5 aromatic carbocycles. The van der Waals surface area contributed by atoms with E-state index < -0.39 is 0 Å². The fraction of sp³-hybridized carbons (Fsp3) is 0. The molecular formula is C36H21N5O. The second kappa shape index (κ2) is 7.86. The zero-order chi connectivity index (χ0) is 27.4. The SMILES string of the molecule is c1ccc(-n2c3ccccc3c3ccc4c(nc5n(-c6cccc7c6oc6cccnc67)c6ccccc6n45)c32)cc1. The van der Waals surface area contributed by atoms with Gasteiger partial charge in [-0.2, -0.15) is 0 Å². The summed E-state index contributed by atoms with van der Waals surface area (Å²) in [4.78, 5) is 10.1. The van der Waals surface area contributed by atoms with Gasteiger partial charge in [-0.1, -0.05) is 54.6 Å². The number of rotatable bonds is 2. The van der Waals surface area contributed by atoms with E-state index in [1.54, 1.807) is 0 Å². The third-order valence-corrected chi connectivity index (χ3v) is 8.49. The van der Waals surface area contributed by atoms with Gasteiger partial charge in [0, 0.05) is 28.0 Å². The summed E-state index contributed by atoms with van der Waals surface area (Å²) in [6.45, 7) is 0. The molecule has 0 bridgehead atoms. The lowest BCUT2D eigenvalue weighted by atomic mass is 10.1. The molecular weight excluding hydrogens is 518 g/mol. The Morgan fingerprint density at radius 3 is 2.21 bits per heavy atom. The summed E-state index contributed by atoms with van der Waals surface area (Å²) < 4.78 is 13.3. The van der Waals surface area contributed by atoms with Crippen LogP contribution in [0.3, 0.4) is 0 Å². The van der Waals surface area contributed by atoms with Gasteiger partial charge >= 0.3 is 0 Å². The second-order valence-corrected chi connectivity index (χ2v) is 10.7. The van der Waals surface area contributed by atoms with Crippen molar-refractivity contribution in [3.63, 3.8) is 0 Å². The Balaban J connectivity index is 1.41. The van der Waals surface area contributed by atoms with E-state index in [-0.39, 0.29) is 0 Å². The van der Waals surface area contributed by atoms with Crippen LogP contribution in [0.4, 0.5) is 0 Å². The third-order valence-electron chi connectivity index (χ3n) is 8.49. The van der Waals surface area contributed by atoms with Crippen LogP contribution in [0, 0.1) is 0 Å². The standard InChI is InChI=1S/C36H21N5O/c1-2-10-22(11-3-1)39-26-14-5-4-12-23(26)24-19-20-29-33(34(24)39)38-36-40(29)27-15-6-7-16-28(27)41(36)30-17-8-13-25-32-31(42-35(25)30)18-9-21-37-32/h1-21H. The van der Waals surface area contributed by atoms with Gasteiger partial charge in [0.15, 0.2) is 11.2 Å². The molecule has 10 aromatic rings. The maximum atomic E-state index is 6.44. The van der Waals surface area contributed by atoms with Crippen molar-refractivity contribution in [2.75, 3.05) is 0 Å². The first kappa shape index (κ1) is 21.9. The molecule has 196 valence electrons. The molecule has 0 saturated heterocycles. The number of furan rings is 1. The molecule has 0 aliphatic carbocycles. The minimum atomic E-state index is 0.773. The number of fused-ring (bicyclic) bond motifs is 12. The Morgan fingerprint density at radius 1 is 0.524 bits per heavy atom. The molecule has 0 atom stereocenters. The average molecular weight is 540 g/mol. The first-order chi connectivity index (χ1) is 20.9. The molecule has 0 amide bonds. The second-order valence-electron chi connectivity index (χ2n) is 10.7. The quantitative estimate of drug-likeness (QED) is 0.221. The highest BCUT2D eigenvalue weighted by molar-refractivity contribution is 6.18. The largest absolute Gasteiger partial charge is 0.452 e. The van der Waals surface area contributed by atoms with E-state index in [9.17, 15) is 0 Å². The normalized spacial score (nSPS) is 12.3. The van der Waals surface area contributed by atoms with Crippen LogP contribution in [0.15, 0.2) is 132 Å². The van der Waals surface area contributed by atoms with Crippen molar-refractivity contribution < 1.29 is 4.42 Å². The number of imidazole rings is 2. The Bertz CT molecular complexity index is 2690. The lowest BCUT2D eigenvalue weighted by molar-refractivity contribution is 0.665. The van der Waals surface area contributed by atoms with Crippen molar-refractivity contribution in [1.82, 2.24) is 23.5 Å². The van der Waals surface area contributed by atoms with Crippen molar-refractivity contribution in [2.24, 2.45) is 0 Å². The van der Waals surface area contributed by atoms with E-state index in [0.717, 1.165) is 72.3 Å². The lowest BCUT2D eigenvalue weighted by Gasteiger charge is -2.08. The van der Waals surface area contributed by atoms with Crippen LogP contribution in [0.1, 0.15) is 0 Å². The number of pyridine rings is 1. The monoisotopic (exact) mass is 539 g/mol. The molecule has 0 aliphatic rings. The van der Waals surface area contributed by atoms with Gasteiger partial charge in [0.05, 0.1) is 33.3 Å². The van der Waals surface area contributed by atoms with Crippen molar-refractivity contribution in [1.29, 1.82) is 0 Å². The van der Waals surface area contributed by atoms with E-state index in [1.807, 2.05) is 18.3 Å². The summed E-state index contributed by atoms with van der Waals surface area (Å²) >= 11 is 0. The maximum Gasteiger partial charge on any atom is 0.220 e. The van der Waals surface area contributed by atoms with Crippen LogP contribution in [-0.4, -0.2) is 23.5 Å². The summed E-state index contributed by atoms with van der Waals surface area (Å²) in [5.74, 6) is 0.837. The van der Waals surface area contributed by atoms with Crippen LogP contribution < -0.4 is 0 Å². The molecule has 0 spiro atoms. The zero-order valence-electron chi connectivity index (χ0n) is 22.3. The predicted molar refractivity (Wildman–Crippen MR) is 169 cm³/mol. The molecule has 42 heavy (non-hydrogen) atoms. The fourth-order valence-electron chi connectivity index (χ4n) is 6.78. The molecule has 0 saturated carbocycles. The predicted octanol–water partition coefficient (Wildman–Crippen LogP) is 8.82. The van der Waals surface area contributed by atoms with Crippen LogP contribution in [0.2, 0.25) is 0 Å².